The fourth-order valence-corrected chi connectivity index (χ4v) is 0.558. The van der Waals surface area contributed by atoms with Crippen LogP contribution in [0, 0.1) is 5.92 Å². The molecule has 0 bridgehead atoms. The molecule has 0 radical (unpaired) electrons. The average molecular weight is 90.6 g/mol. The topological polar surface area (TPSA) is 0 Å². The summed E-state index contributed by atoms with van der Waals surface area (Å²) < 4.78 is 0. The van der Waals surface area contributed by atoms with E-state index in [0.29, 0.717) is 5.38 Å². The molecule has 1 aliphatic rings. The zero-order valence-corrected chi connectivity index (χ0v) is 4.00. The smallest absolute Gasteiger partial charge is 0.0365 e. The molecule has 0 aromatic heterocycles. The van der Waals surface area contributed by atoms with E-state index in [9.17, 15) is 0 Å². The van der Waals surface area contributed by atoms with Crippen molar-refractivity contribution in [1.82, 2.24) is 0 Å². The molecular weight excluding hydrogens is 83.5 g/mol. The normalized spacial score (nSPS) is 49.2. The number of alkyl halides is 1. The highest BCUT2D eigenvalue weighted by Crippen LogP contribution is 2.34. The van der Waals surface area contributed by atoms with E-state index < -0.39 is 0 Å². The summed E-state index contributed by atoms with van der Waals surface area (Å²) in [4.78, 5) is 0. The van der Waals surface area contributed by atoms with Crippen LogP contribution in [-0.4, -0.2) is 5.38 Å². The van der Waals surface area contributed by atoms with Gasteiger partial charge in [-0.05, 0) is 12.3 Å². The van der Waals surface area contributed by atoms with Crippen molar-refractivity contribution in [2.75, 3.05) is 0 Å². The van der Waals surface area contributed by atoms with E-state index in [1.165, 1.54) is 6.42 Å². The van der Waals surface area contributed by atoms with E-state index in [4.69, 9.17) is 11.6 Å². The van der Waals surface area contributed by atoms with Crippen molar-refractivity contribution in [3.8, 4) is 0 Å². The molecule has 0 aliphatic heterocycles. The van der Waals surface area contributed by atoms with Crippen LogP contribution in [0.4, 0.5) is 0 Å². The van der Waals surface area contributed by atoms with Gasteiger partial charge < -0.3 is 0 Å². The highest BCUT2D eigenvalue weighted by molar-refractivity contribution is 6.22. The molecule has 0 saturated heterocycles. The molecule has 0 amide bonds. The van der Waals surface area contributed by atoms with Gasteiger partial charge in [-0.3, -0.25) is 0 Å². The van der Waals surface area contributed by atoms with Crippen molar-refractivity contribution >= 4 is 11.6 Å². The molecule has 0 nitrogen and oxygen atoms in total. The van der Waals surface area contributed by atoms with Crippen LogP contribution in [0.1, 0.15) is 13.3 Å². The summed E-state index contributed by atoms with van der Waals surface area (Å²) in [6.45, 7) is 2.16. The highest BCUT2D eigenvalue weighted by atomic mass is 35.5. The largest absolute Gasteiger partial charge is 0.123 e. The Kier molecular flexibility index (Phi) is 0.608. The van der Waals surface area contributed by atoms with E-state index in [-0.39, 0.29) is 0 Å². The molecule has 1 heteroatoms. The van der Waals surface area contributed by atoms with Crippen molar-refractivity contribution in [1.29, 1.82) is 0 Å². The van der Waals surface area contributed by atoms with E-state index in [2.05, 4.69) is 6.92 Å². The van der Waals surface area contributed by atoms with Crippen molar-refractivity contribution < 1.29 is 0 Å². The second-order valence-corrected chi connectivity index (χ2v) is 2.29. The Labute approximate surface area is 37.1 Å². The van der Waals surface area contributed by atoms with Crippen LogP contribution in [0.25, 0.3) is 0 Å². The Morgan fingerprint density at radius 1 is 1.80 bits per heavy atom. The molecule has 0 unspecified atom stereocenters. The lowest BCUT2D eigenvalue weighted by atomic mass is 10.5. The minimum atomic E-state index is 0.523. The Balaban J connectivity index is 2.20. The lowest BCUT2D eigenvalue weighted by Crippen LogP contribution is -1.61. The maximum atomic E-state index is 5.54. The van der Waals surface area contributed by atoms with Gasteiger partial charge in [-0.2, -0.15) is 0 Å². The zero-order valence-electron chi connectivity index (χ0n) is 3.24. The van der Waals surface area contributed by atoms with Crippen LogP contribution in [0.5, 0.6) is 0 Å². The Morgan fingerprint density at radius 3 is 2.00 bits per heavy atom. The summed E-state index contributed by atoms with van der Waals surface area (Å²) in [7, 11) is 0. The molecule has 0 spiro atoms. The molecule has 1 rings (SSSR count). The maximum Gasteiger partial charge on any atom is 0.0365 e. The van der Waals surface area contributed by atoms with Gasteiger partial charge in [-0.1, -0.05) is 6.92 Å². The second-order valence-electron chi connectivity index (χ2n) is 1.73. The third kappa shape index (κ3) is 0.569. The van der Waals surface area contributed by atoms with Gasteiger partial charge in [0.05, 0.1) is 0 Å². The first-order valence-corrected chi connectivity index (χ1v) is 2.38. The Hall–Kier alpha value is 0.290. The molecule has 0 aromatic rings. The summed E-state index contributed by atoms with van der Waals surface area (Å²) in [5.74, 6) is 0.816. The van der Waals surface area contributed by atoms with Gasteiger partial charge in [-0.25, -0.2) is 0 Å². The number of hydrogen-bond donors (Lipinski definition) is 0. The molecule has 1 fully saturated rings. The molecule has 0 N–H and O–H groups in total. The van der Waals surface area contributed by atoms with Crippen molar-refractivity contribution in [2.24, 2.45) is 5.92 Å². The van der Waals surface area contributed by atoms with Crippen LogP contribution in [0.15, 0.2) is 0 Å². The first-order valence-electron chi connectivity index (χ1n) is 1.95. The fraction of sp³-hybridized carbons (Fsp3) is 1.00. The summed E-state index contributed by atoms with van der Waals surface area (Å²) in [5.41, 5.74) is 0. The minimum absolute atomic E-state index is 0.523. The number of rotatable bonds is 0. The lowest BCUT2D eigenvalue weighted by Gasteiger charge is -1.64. The van der Waals surface area contributed by atoms with Crippen LogP contribution in [-0.2, 0) is 0 Å². The van der Waals surface area contributed by atoms with Crippen molar-refractivity contribution in [3.63, 3.8) is 0 Å². The van der Waals surface area contributed by atoms with Crippen LogP contribution in [0.2, 0.25) is 0 Å². The maximum absolute atomic E-state index is 5.54. The predicted molar refractivity (Wildman–Crippen MR) is 23.4 cm³/mol. The Bertz CT molecular complexity index is 36.9. The second kappa shape index (κ2) is 0.874. The highest BCUT2D eigenvalue weighted by Gasteiger charge is 2.29. The average Bonchev–Trinajstić information content (AvgIpc) is 1.79. The number of hydrogen-bond acceptors (Lipinski definition) is 0. The summed E-state index contributed by atoms with van der Waals surface area (Å²) in [6.07, 6.45) is 1.24. The monoisotopic (exact) mass is 90.0 g/mol. The fourth-order valence-electron chi connectivity index (χ4n) is 0.277. The summed E-state index contributed by atoms with van der Waals surface area (Å²) in [5, 5.41) is 0.523. The van der Waals surface area contributed by atoms with E-state index in [0.717, 1.165) is 5.92 Å². The molecule has 30 valence electrons. The van der Waals surface area contributed by atoms with Crippen LogP contribution < -0.4 is 0 Å². The minimum Gasteiger partial charge on any atom is -0.123 e. The summed E-state index contributed by atoms with van der Waals surface area (Å²) in [6, 6.07) is 0. The van der Waals surface area contributed by atoms with Gasteiger partial charge in [0.2, 0.25) is 0 Å². The molecule has 0 aromatic carbocycles. The van der Waals surface area contributed by atoms with Crippen LogP contribution >= 0.6 is 11.6 Å². The Morgan fingerprint density at radius 2 is 2.00 bits per heavy atom. The van der Waals surface area contributed by atoms with E-state index in [1.807, 2.05) is 0 Å². The van der Waals surface area contributed by atoms with Crippen LogP contribution in [0.3, 0.4) is 0 Å². The van der Waals surface area contributed by atoms with Gasteiger partial charge in [0.25, 0.3) is 0 Å². The molecule has 2 atom stereocenters. The molecule has 1 saturated carbocycles. The summed E-state index contributed by atoms with van der Waals surface area (Å²) >= 11 is 5.54. The first-order chi connectivity index (χ1) is 2.30. The zero-order chi connectivity index (χ0) is 3.86. The van der Waals surface area contributed by atoms with Gasteiger partial charge in [0.1, 0.15) is 0 Å². The van der Waals surface area contributed by atoms with Crippen molar-refractivity contribution in [3.05, 3.63) is 0 Å². The van der Waals surface area contributed by atoms with Gasteiger partial charge in [0.15, 0.2) is 0 Å². The third-order valence-electron chi connectivity index (χ3n) is 1.01. The molecular formula is C4H7Cl. The van der Waals surface area contributed by atoms with E-state index in [1.54, 1.807) is 0 Å². The number of halogens is 1. The van der Waals surface area contributed by atoms with Gasteiger partial charge in [0, 0.05) is 5.38 Å². The molecule has 5 heavy (non-hydrogen) atoms. The molecule has 1 aliphatic carbocycles. The quantitative estimate of drug-likeness (QED) is 0.397. The standard InChI is InChI=1S/C4H7Cl/c1-3-2-4(3)5/h3-4H,2H2,1H3/t3-,4+/m0/s1. The first kappa shape index (κ1) is 3.48. The molecule has 0 heterocycles. The van der Waals surface area contributed by atoms with E-state index >= 15 is 0 Å². The predicted octanol–water partition coefficient (Wildman–Crippen LogP) is 1.63. The SMILES string of the molecule is C[C@H]1C[C@H]1Cl. The lowest BCUT2D eigenvalue weighted by molar-refractivity contribution is 0.985. The van der Waals surface area contributed by atoms with Gasteiger partial charge in [-0.15, -0.1) is 11.6 Å². The van der Waals surface area contributed by atoms with Crippen molar-refractivity contribution in [2.45, 2.75) is 18.7 Å². The third-order valence-corrected chi connectivity index (χ3v) is 1.62. The van der Waals surface area contributed by atoms with Gasteiger partial charge >= 0.3 is 0 Å².